The number of aromatic nitrogens is 4. The van der Waals surface area contributed by atoms with Crippen LogP contribution in [0.3, 0.4) is 0 Å². The first kappa shape index (κ1) is 10.2. The first-order valence-corrected chi connectivity index (χ1v) is 4.90. The van der Waals surface area contributed by atoms with Crippen LogP contribution in [0.4, 0.5) is 0 Å². The Bertz CT molecular complexity index is 254. The zero-order chi connectivity index (χ0) is 9.84. The number of hydrogen-bond acceptors (Lipinski definition) is 3. The molecule has 0 aliphatic heterocycles. The van der Waals surface area contributed by atoms with E-state index in [1.165, 1.54) is 0 Å². The second-order valence-corrected chi connectivity index (χ2v) is 3.85. The molecule has 4 nitrogen and oxygen atoms in total. The summed E-state index contributed by atoms with van der Waals surface area (Å²) < 4.78 is 1.91. The van der Waals surface area contributed by atoms with Crippen molar-refractivity contribution in [3.05, 3.63) is 5.82 Å². The molecular weight excluding hydrogens is 164 g/mol. The minimum atomic E-state index is 0.619. The van der Waals surface area contributed by atoms with Gasteiger partial charge in [-0.1, -0.05) is 27.7 Å². The highest BCUT2D eigenvalue weighted by Crippen LogP contribution is 2.12. The lowest BCUT2D eigenvalue weighted by atomic mass is 9.98. The third kappa shape index (κ3) is 2.50. The van der Waals surface area contributed by atoms with Crippen LogP contribution >= 0.6 is 0 Å². The Labute approximate surface area is 79.3 Å². The molecule has 0 aromatic carbocycles. The van der Waals surface area contributed by atoms with Crippen molar-refractivity contribution in [3.8, 4) is 0 Å². The van der Waals surface area contributed by atoms with Crippen LogP contribution in [0.2, 0.25) is 0 Å². The maximum atomic E-state index is 3.96. The van der Waals surface area contributed by atoms with E-state index in [9.17, 15) is 0 Å². The Morgan fingerprint density at radius 3 is 2.54 bits per heavy atom. The Kier molecular flexibility index (Phi) is 3.39. The molecule has 0 bridgehead atoms. The summed E-state index contributed by atoms with van der Waals surface area (Å²) in [5.41, 5.74) is 0. The van der Waals surface area contributed by atoms with Crippen molar-refractivity contribution in [2.24, 2.45) is 11.8 Å². The first-order valence-electron chi connectivity index (χ1n) is 4.90. The molecule has 13 heavy (non-hydrogen) atoms. The van der Waals surface area contributed by atoms with Gasteiger partial charge >= 0.3 is 0 Å². The van der Waals surface area contributed by atoms with Gasteiger partial charge in [-0.05, 0) is 22.3 Å². The molecule has 0 aliphatic carbocycles. The van der Waals surface area contributed by atoms with E-state index in [4.69, 9.17) is 0 Å². The summed E-state index contributed by atoms with van der Waals surface area (Å²) in [6, 6.07) is 0. The molecule has 1 aromatic rings. The van der Waals surface area contributed by atoms with Crippen molar-refractivity contribution >= 4 is 0 Å². The summed E-state index contributed by atoms with van der Waals surface area (Å²) in [5, 5.41) is 11.6. The van der Waals surface area contributed by atoms with Crippen LogP contribution in [0, 0.1) is 11.8 Å². The summed E-state index contributed by atoms with van der Waals surface area (Å²) in [6.45, 7) is 9.67. The zero-order valence-electron chi connectivity index (χ0n) is 8.86. The summed E-state index contributed by atoms with van der Waals surface area (Å²) in [6.07, 6.45) is 0.901. The molecule has 0 saturated heterocycles. The molecule has 0 radical (unpaired) electrons. The fourth-order valence-electron chi connectivity index (χ4n) is 1.10. The van der Waals surface area contributed by atoms with Crippen molar-refractivity contribution in [2.75, 3.05) is 0 Å². The summed E-state index contributed by atoms with van der Waals surface area (Å²) in [7, 11) is 0. The van der Waals surface area contributed by atoms with Crippen LogP contribution in [0.1, 0.15) is 33.5 Å². The number of tetrazole rings is 1. The lowest BCUT2D eigenvalue weighted by Gasteiger charge is -2.15. The average molecular weight is 182 g/mol. The smallest absolute Gasteiger partial charge is 0.150 e. The van der Waals surface area contributed by atoms with E-state index in [0.717, 1.165) is 18.8 Å². The van der Waals surface area contributed by atoms with Crippen LogP contribution in [-0.4, -0.2) is 20.2 Å². The highest BCUT2D eigenvalue weighted by Gasteiger charge is 2.11. The second kappa shape index (κ2) is 4.35. The quantitative estimate of drug-likeness (QED) is 0.709. The predicted molar refractivity (Wildman–Crippen MR) is 51.2 cm³/mol. The standard InChI is InChI=1S/C9H18N4/c1-5-9-10-11-12-13(9)6-8(4)7(2)3/h7-8H,5-6H2,1-4H3. The van der Waals surface area contributed by atoms with Crippen LogP contribution < -0.4 is 0 Å². The van der Waals surface area contributed by atoms with Gasteiger partial charge in [0.15, 0.2) is 5.82 Å². The number of hydrogen-bond donors (Lipinski definition) is 0. The van der Waals surface area contributed by atoms with Gasteiger partial charge in [-0.25, -0.2) is 4.68 Å². The Balaban J connectivity index is 2.62. The van der Waals surface area contributed by atoms with Gasteiger partial charge in [-0.3, -0.25) is 0 Å². The molecule has 1 heterocycles. The predicted octanol–water partition coefficient (Wildman–Crippen LogP) is 1.53. The van der Waals surface area contributed by atoms with Crippen molar-refractivity contribution in [1.29, 1.82) is 0 Å². The molecule has 1 rings (SSSR count). The van der Waals surface area contributed by atoms with Gasteiger partial charge in [-0.15, -0.1) is 5.10 Å². The van der Waals surface area contributed by atoms with Crippen LogP contribution in [0.25, 0.3) is 0 Å². The van der Waals surface area contributed by atoms with Gasteiger partial charge in [0.25, 0.3) is 0 Å². The molecule has 0 amide bonds. The highest BCUT2D eigenvalue weighted by molar-refractivity contribution is 4.79. The van der Waals surface area contributed by atoms with E-state index in [1.54, 1.807) is 0 Å². The highest BCUT2D eigenvalue weighted by atomic mass is 15.5. The third-order valence-electron chi connectivity index (χ3n) is 2.52. The third-order valence-corrected chi connectivity index (χ3v) is 2.52. The van der Waals surface area contributed by atoms with Crippen molar-refractivity contribution in [3.63, 3.8) is 0 Å². The molecule has 1 unspecified atom stereocenters. The zero-order valence-corrected chi connectivity index (χ0v) is 8.86. The van der Waals surface area contributed by atoms with E-state index < -0.39 is 0 Å². The number of nitrogens with zero attached hydrogens (tertiary/aromatic N) is 4. The van der Waals surface area contributed by atoms with Crippen LogP contribution in [-0.2, 0) is 13.0 Å². The van der Waals surface area contributed by atoms with Crippen molar-refractivity contribution in [2.45, 2.75) is 40.7 Å². The second-order valence-electron chi connectivity index (χ2n) is 3.85. The Hall–Kier alpha value is -0.930. The van der Waals surface area contributed by atoms with E-state index in [2.05, 4.69) is 43.2 Å². The first-order chi connectivity index (χ1) is 6.15. The van der Waals surface area contributed by atoms with Gasteiger partial charge < -0.3 is 0 Å². The van der Waals surface area contributed by atoms with Gasteiger partial charge in [-0.2, -0.15) is 0 Å². The fourth-order valence-corrected chi connectivity index (χ4v) is 1.10. The molecule has 74 valence electrons. The number of aryl methyl sites for hydroxylation is 1. The summed E-state index contributed by atoms with van der Waals surface area (Å²) in [5.74, 6) is 2.27. The minimum Gasteiger partial charge on any atom is -0.229 e. The molecule has 0 saturated carbocycles. The molecule has 1 atom stereocenters. The fraction of sp³-hybridized carbons (Fsp3) is 0.889. The maximum absolute atomic E-state index is 3.96. The molecule has 0 spiro atoms. The maximum Gasteiger partial charge on any atom is 0.150 e. The van der Waals surface area contributed by atoms with Gasteiger partial charge in [0.2, 0.25) is 0 Å². The van der Waals surface area contributed by atoms with E-state index in [0.29, 0.717) is 11.8 Å². The van der Waals surface area contributed by atoms with E-state index in [1.807, 2.05) is 4.68 Å². The number of rotatable bonds is 4. The van der Waals surface area contributed by atoms with E-state index >= 15 is 0 Å². The summed E-state index contributed by atoms with van der Waals surface area (Å²) in [4.78, 5) is 0. The Morgan fingerprint density at radius 2 is 2.00 bits per heavy atom. The van der Waals surface area contributed by atoms with Gasteiger partial charge in [0.05, 0.1) is 0 Å². The molecule has 0 aliphatic rings. The van der Waals surface area contributed by atoms with E-state index in [-0.39, 0.29) is 0 Å². The minimum absolute atomic E-state index is 0.619. The molecule has 0 fully saturated rings. The topological polar surface area (TPSA) is 43.6 Å². The van der Waals surface area contributed by atoms with Crippen molar-refractivity contribution < 1.29 is 0 Å². The molecule has 0 N–H and O–H groups in total. The average Bonchev–Trinajstić information content (AvgIpc) is 2.51. The normalized spacial score (nSPS) is 13.6. The Morgan fingerprint density at radius 1 is 1.31 bits per heavy atom. The molecule has 4 heteroatoms. The molecular formula is C9H18N4. The van der Waals surface area contributed by atoms with Crippen LogP contribution in [0.15, 0.2) is 0 Å². The van der Waals surface area contributed by atoms with Gasteiger partial charge in [0.1, 0.15) is 0 Å². The SMILES string of the molecule is CCc1nnnn1CC(C)C(C)C. The summed E-state index contributed by atoms with van der Waals surface area (Å²) >= 11 is 0. The van der Waals surface area contributed by atoms with Gasteiger partial charge in [0, 0.05) is 13.0 Å². The largest absolute Gasteiger partial charge is 0.229 e. The molecule has 1 aromatic heterocycles. The lowest BCUT2D eigenvalue weighted by molar-refractivity contribution is 0.340. The monoisotopic (exact) mass is 182 g/mol. The lowest BCUT2D eigenvalue weighted by Crippen LogP contribution is -2.16. The van der Waals surface area contributed by atoms with Crippen molar-refractivity contribution in [1.82, 2.24) is 20.2 Å². The van der Waals surface area contributed by atoms with Crippen LogP contribution in [0.5, 0.6) is 0 Å².